The van der Waals surface area contributed by atoms with Crippen LogP contribution in [-0.4, -0.2) is 11.3 Å². The summed E-state index contributed by atoms with van der Waals surface area (Å²) in [6, 6.07) is 3.27. The Morgan fingerprint density at radius 2 is 2.08 bits per heavy atom. The van der Waals surface area contributed by atoms with Gasteiger partial charge < -0.3 is 9.53 Å². The van der Waals surface area contributed by atoms with Crippen molar-refractivity contribution in [3.8, 4) is 5.88 Å². The predicted molar refractivity (Wildman–Crippen MR) is 87.2 cm³/mol. The van der Waals surface area contributed by atoms with Gasteiger partial charge in [0.15, 0.2) is 0 Å². The summed E-state index contributed by atoms with van der Waals surface area (Å²) in [7, 11) is 0. The van der Waals surface area contributed by atoms with Crippen LogP contribution in [0.25, 0.3) is 0 Å². The van der Waals surface area contributed by atoms with Crippen molar-refractivity contribution in [2.75, 3.05) is 0 Å². The molecule has 0 amide bonds. The summed E-state index contributed by atoms with van der Waals surface area (Å²) >= 11 is 2.82. The van der Waals surface area contributed by atoms with E-state index in [0.717, 1.165) is 29.9 Å². The van der Waals surface area contributed by atoms with Crippen molar-refractivity contribution < 1.29 is 27.1 Å². The minimum absolute atomic E-state index is 0.00367. The van der Waals surface area contributed by atoms with Gasteiger partial charge in [0.25, 0.3) is 0 Å². The molecule has 2 aliphatic carbocycles. The molecule has 0 bridgehead atoms. The largest absolute Gasteiger partial charge is 0.473 e. The molecule has 2 aliphatic rings. The van der Waals surface area contributed by atoms with Gasteiger partial charge in [0.2, 0.25) is 5.88 Å². The molecule has 0 N–H and O–H groups in total. The van der Waals surface area contributed by atoms with E-state index in [1.807, 2.05) is 0 Å². The Hall–Kier alpha value is -1.96. The van der Waals surface area contributed by atoms with Crippen LogP contribution in [0.5, 0.6) is 5.88 Å². The van der Waals surface area contributed by atoms with Gasteiger partial charge in [-0.3, -0.25) is 0 Å². The second-order valence-electron chi connectivity index (χ2n) is 6.54. The molecule has 26 heavy (non-hydrogen) atoms. The molecule has 3 nitrogen and oxygen atoms in total. The highest BCUT2D eigenvalue weighted by molar-refractivity contribution is 9.10. The van der Waals surface area contributed by atoms with E-state index < -0.39 is 17.6 Å². The van der Waals surface area contributed by atoms with E-state index in [0.29, 0.717) is 12.0 Å². The minimum Gasteiger partial charge on any atom is -0.473 e. The van der Waals surface area contributed by atoms with E-state index in [1.54, 1.807) is 12.3 Å². The Morgan fingerprint density at radius 1 is 1.31 bits per heavy atom. The smallest absolute Gasteiger partial charge is 0.417 e. The third-order valence-electron chi connectivity index (χ3n) is 5.02. The van der Waals surface area contributed by atoms with Gasteiger partial charge in [-0.1, -0.05) is 15.9 Å². The van der Waals surface area contributed by atoms with Crippen molar-refractivity contribution in [2.45, 2.75) is 25.1 Å². The summed E-state index contributed by atoms with van der Waals surface area (Å²) in [5, 5.41) is 0. The first-order chi connectivity index (χ1) is 12.3. The summed E-state index contributed by atoms with van der Waals surface area (Å²) in [6.07, 6.45) is -1.21. The van der Waals surface area contributed by atoms with Gasteiger partial charge in [0, 0.05) is 28.2 Å². The molecule has 2 aromatic rings. The number of aromatic nitrogens is 1. The molecule has 1 fully saturated rings. The zero-order valence-electron chi connectivity index (χ0n) is 13.2. The fourth-order valence-corrected chi connectivity index (χ4v) is 4.27. The molecule has 1 saturated carbocycles. The van der Waals surface area contributed by atoms with E-state index in [1.165, 1.54) is 0 Å². The average Bonchev–Trinajstić information content (AvgIpc) is 3.14. The normalized spacial score (nSPS) is 23.3. The highest BCUT2D eigenvalue weighted by Gasteiger charge is 2.55. The van der Waals surface area contributed by atoms with E-state index in [4.69, 9.17) is 4.74 Å². The molecule has 0 radical (unpaired) electrons. The fraction of sp³-hybridized carbons (Fsp3) is 0.333. The minimum atomic E-state index is -4.64. The molecule has 4 rings (SSSR count). The number of fused-ring (bicyclic) bond motifs is 3. The third-order valence-corrected chi connectivity index (χ3v) is 5.67. The Labute approximate surface area is 154 Å². The molecule has 0 aliphatic heterocycles. The van der Waals surface area contributed by atoms with Crippen LogP contribution in [0, 0.1) is 17.7 Å². The summed E-state index contributed by atoms with van der Waals surface area (Å²) in [6.45, 7) is -0.238. The molecule has 1 aromatic carbocycles. The number of halogens is 5. The lowest BCUT2D eigenvalue weighted by Gasteiger charge is -2.13. The van der Waals surface area contributed by atoms with Crippen LogP contribution in [0.3, 0.4) is 0 Å². The number of nitrogens with zero attached hydrogens (tertiary/aromatic N) is 1. The molecule has 8 heteroatoms. The Balaban J connectivity index is 1.49. The van der Waals surface area contributed by atoms with Crippen LogP contribution in [0.1, 0.15) is 28.2 Å². The van der Waals surface area contributed by atoms with Crippen molar-refractivity contribution in [3.05, 3.63) is 56.9 Å². The van der Waals surface area contributed by atoms with Crippen molar-refractivity contribution in [2.24, 2.45) is 11.8 Å². The van der Waals surface area contributed by atoms with E-state index in [9.17, 15) is 22.4 Å². The Morgan fingerprint density at radius 3 is 2.77 bits per heavy atom. The summed E-state index contributed by atoms with van der Waals surface area (Å²) in [5.74, 6) is -0.0511. The number of rotatable bonds is 4. The average molecular weight is 430 g/mol. The molecule has 0 unspecified atom stereocenters. The van der Waals surface area contributed by atoms with Crippen LogP contribution in [-0.2, 0) is 24.0 Å². The standard InChI is InChI=1S/C18H12BrF4NO2/c19-14-2-9(15(20)4-13(14)18(21,22)23)7-26-16-3-8-1-10-12(6-25)17(10)11(8)5-24-16/h2-6,10,12,17H,1,7H2/t10-,12-,17+/m0/s1. The Kier molecular flexibility index (Phi) is 4.06. The first kappa shape index (κ1) is 17.5. The van der Waals surface area contributed by atoms with Crippen LogP contribution < -0.4 is 4.74 Å². The lowest BCUT2D eigenvalue weighted by Crippen LogP contribution is -2.09. The number of pyridine rings is 1. The van der Waals surface area contributed by atoms with E-state index in [2.05, 4.69) is 20.9 Å². The van der Waals surface area contributed by atoms with Crippen molar-refractivity contribution in [1.29, 1.82) is 0 Å². The van der Waals surface area contributed by atoms with Gasteiger partial charge in [0.05, 0.1) is 5.56 Å². The highest BCUT2D eigenvalue weighted by atomic mass is 79.9. The van der Waals surface area contributed by atoms with Crippen LogP contribution in [0.2, 0.25) is 0 Å². The quantitative estimate of drug-likeness (QED) is 0.523. The second kappa shape index (κ2) is 6.04. The topological polar surface area (TPSA) is 39.2 Å². The lowest BCUT2D eigenvalue weighted by atomic mass is 10.1. The zero-order valence-corrected chi connectivity index (χ0v) is 14.8. The fourth-order valence-electron chi connectivity index (χ4n) is 3.65. The number of hydrogen-bond acceptors (Lipinski definition) is 3. The van der Waals surface area contributed by atoms with Crippen molar-refractivity contribution >= 4 is 22.2 Å². The SMILES string of the molecule is O=C[C@H]1[C@@H]2Cc3cc(OCc4cc(Br)c(C(F)(F)F)cc4F)ncc3[C@H]12. The molecule has 0 spiro atoms. The molecule has 1 heterocycles. The van der Waals surface area contributed by atoms with Crippen LogP contribution >= 0.6 is 15.9 Å². The number of carbonyl (C=O) groups excluding carboxylic acids is 1. The van der Waals surface area contributed by atoms with Gasteiger partial charge >= 0.3 is 6.18 Å². The zero-order chi connectivity index (χ0) is 18.6. The lowest BCUT2D eigenvalue weighted by molar-refractivity contribution is -0.138. The summed E-state index contributed by atoms with van der Waals surface area (Å²) < 4.78 is 57.5. The number of benzene rings is 1. The first-order valence-electron chi connectivity index (χ1n) is 7.91. The van der Waals surface area contributed by atoms with Crippen LogP contribution in [0.15, 0.2) is 28.9 Å². The first-order valence-corrected chi connectivity index (χ1v) is 8.71. The Bertz CT molecular complexity index is 899. The molecule has 1 aromatic heterocycles. The number of aldehydes is 1. The highest BCUT2D eigenvalue weighted by Crippen LogP contribution is 2.60. The third kappa shape index (κ3) is 2.90. The summed E-state index contributed by atoms with van der Waals surface area (Å²) in [5.41, 5.74) is 1.02. The monoisotopic (exact) mass is 429 g/mol. The molecule has 3 atom stereocenters. The second-order valence-corrected chi connectivity index (χ2v) is 7.39. The van der Waals surface area contributed by atoms with E-state index in [-0.39, 0.29) is 34.4 Å². The van der Waals surface area contributed by atoms with Gasteiger partial charge in [-0.2, -0.15) is 13.2 Å². The van der Waals surface area contributed by atoms with Crippen molar-refractivity contribution in [3.63, 3.8) is 0 Å². The molecular weight excluding hydrogens is 418 g/mol. The molecular formula is C18H12BrF4NO2. The number of alkyl halides is 3. The van der Waals surface area contributed by atoms with Gasteiger partial charge in [-0.15, -0.1) is 0 Å². The van der Waals surface area contributed by atoms with Gasteiger partial charge in [0.1, 0.15) is 18.7 Å². The molecule has 136 valence electrons. The molecule has 0 saturated heterocycles. The van der Waals surface area contributed by atoms with E-state index >= 15 is 0 Å². The van der Waals surface area contributed by atoms with Gasteiger partial charge in [-0.05, 0) is 41.5 Å². The van der Waals surface area contributed by atoms with Gasteiger partial charge in [-0.25, -0.2) is 9.37 Å². The predicted octanol–water partition coefficient (Wildman–Crippen LogP) is 4.67. The number of hydrogen-bond donors (Lipinski definition) is 0. The maximum Gasteiger partial charge on any atom is 0.417 e. The number of ether oxygens (including phenoxy) is 1. The maximum atomic E-state index is 14.0. The van der Waals surface area contributed by atoms with Crippen LogP contribution in [0.4, 0.5) is 17.6 Å². The summed E-state index contributed by atoms with van der Waals surface area (Å²) in [4.78, 5) is 15.1. The van der Waals surface area contributed by atoms with Crippen molar-refractivity contribution in [1.82, 2.24) is 4.98 Å². The maximum absolute atomic E-state index is 14.0. The number of carbonyl (C=O) groups is 1.